The summed E-state index contributed by atoms with van der Waals surface area (Å²) in [7, 11) is -3.33. The highest BCUT2D eigenvalue weighted by Gasteiger charge is 2.27. The molecule has 0 aliphatic heterocycles. The first-order valence-electron chi connectivity index (χ1n) is 8.59. The smallest absolute Gasteiger partial charge is 0.203 e. The minimum Gasteiger partial charge on any atom is -0.391 e. The van der Waals surface area contributed by atoms with Crippen molar-refractivity contribution in [3.05, 3.63) is 46.0 Å². The van der Waals surface area contributed by atoms with Crippen LogP contribution in [0.3, 0.4) is 0 Å². The van der Waals surface area contributed by atoms with Crippen LogP contribution in [-0.4, -0.2) is 35.0 Å². The zero-order valence-corrected chi connectivity index (χ0v) is 16.8. The fraction of sp³-hybridized carbons (Fsp3) is 0.556. The van der Waals surface area contributed by atoms with Gasteiger partial charge in [-0.15, -0.1) is 0 Å². The standard InChI is InChI=1S/C18H26Cl2NO3P/c1-13(15-7-8-17(19)18(20)9-15)21-10-16(22)12-25(23,24)11-14-5-3-2-4-6-14/h2-3,7-9,13-14,16,21-22H,4-6,10-12H2,1H3,(H,23,24)/t13-,14?,16-/m0/s1. The molecule has 1 aromatic carbocycles. The third-order valence-corrected chi connectivity index (χ3v) is 7.34. The number of hydrogen-bond acceptors (Lipinski definition) is 3. The molecule has 0 bridgehead atoms. The molecule has 2 unspecified atom stereocenters. The topological polar surface area (TPSA) is 69.6 Å². The van der Waals surface area contributed by atoms with E-state index >= 15 is 0 Å². The van der Waals surface area contributed by atoms with Crippen LogP contribution in [0.1, 0.15) is 37.8 Å². The molecular formula is C18H26Cl2NO3P. The van der Waals surface area contributed by atoms with E-state index in [1.807, 2.05) is 13.0 Å². The van der Waals surface area contributed by atoms with Gasteiger partial charge in [0.2, 0.25) is 7.37 Å². The highest BCUT2D eigenvalue weighted by molar-refractivity contribution is 7.58. The summed E-state index contributed by atoms with van der Waals surface area (Å²) in [6.45, 7) is 2.19. The van der Waals surface area contributed by atoms with E-state index in [0.717, 1.165) is 24.8 Å². The van der Waals surface area contributed by atoms with Gasteiger partial charge in [0.1, 0.15) is 0 Å². The van der Waals surface area contributed by atoms with Crippen LogP contribution in [0.25, 0.3) is 0 Å². The van der Waals surface area contributed by atoms with Crippen molar-refractivity contribution in [1.82, 2.24) is 5.32 Å². The maximum absolute atomic E-state index is 12.4. The normalized spacial score (nSPS) is 22.4. The van der Waals surface area contributed by atoms with Crippen molar-refractivity contribution in [2.75, 3.05) is 18.9 Å². The molecule has 0 saturated heterocycles. The van der Waals surface area contributed by atoms with Crippen LogP contribution in [-0.2, 0) is 4.57 Å². The van der Waals surface area contributed by atoms with E-state index in [2.05, 4.69) is 17.5 Å². The van der Waals surface area contributed by atoms with Gasteiger partial charge in [0.15, 0.2) is 0 Å². The van der Waals surface area contributed by atoms with Gasteiger partial charge in [-0.05, 0) is 49.8 Å². The number of rotatable bonds is 8. The largest absolute Gasteiger partial charge is 0.391 e. The second kappa shape index (κ2) is 9.55. The molecule has 7 heteroatoms. The van der Waals surface area contributed by atoms with E-state index in [1.165, 1.54) is 0 Å². The van der Waals surface area contributed by atoms with E-state index < -0.39 is 13.5 Å². The molecule has 0 spiro atoms. The molecule has 0 amide bonds. The van der Waals surface area contributed by atoms with Crippen molar-refractivity contribution in [3.63, 3.8) is 0 Å². The first-order chi connectivity index (χ1) is 11.8. The van der Waals surface area contributed by atoms with Gasteiger partial charge in [-0.3, -0.25) is 4.57 Å². The number of benzene rings is 1. The summed E-state index contributed by atoms with van der Waals surface area (Å²) in [5.41, 5.74) is 0.947. The number of nitrogens with one attached hydrogen (secondary N) is 1. The van der Waals surface area contributed by atoms with E-state index in [-0.39, 0.29) is 30.8 Å². The molecule has 0 fully saturated rings. The molecule has 0 saturated carbocycles. The van der Waals surface area contributed by atoms with Crippen LogP contribution >= 0.6 is 30.6 Å². The number of halogens is 2. The van der Waals surface area contributed by atoms with Crippen molar-refractivity contribution in [1.29, 1.82) is 0 Å². The van der Waals surface area contributed by atoms with Gasteiger partial charge in [0, 0.05) is 18.7 Å². The van der Waals surface area contributed by atoms with Gasteiger partial charge in [-0.1, -0.05) is 41.4 Å². The van der Waals surface area contributed by atoms with Crippen LogP contribution in [0.15, 0.2) is 30.4 Å². The third kappa shape index (κ3) is 7.05. The van der Waals surface area contributed by atoms with E-state index in [0.29, 0.717) is 10.0 Å². The highest BCUT2D eigenvalue weighted by Crippen LogP contribution is 2.45. The van der Waals surface area contributed by atoms with E-state index in [9.17, 15) is 14.6 Å². The minimum atomic E-state index is -3.33. The van der Waals surface area contributed by atoms with Crippen LogP contribution in [0.5, 0.6) is 0 Å². The SMILES string of the molecule is C[C@H](NC[C@H](O)CP(=O)(O)CC1CC=CCC1)c1ccc(Cl)c(Cl)c1. The summed E-state index contributed by atoms with van der Waals surface area (Å²) < 4.78 is 12.4. The fourth-order valence-electron chi connectivity index (χ4n) is 3.11. The number of aliphatic hydroxyl groups excluding tert-OH is 1. The minimum absolute atomic E-state index is 0.0500. The molecule has 1 aliphatic carbocycles. The van der Waals surface area contributed by atoms with Crippen LogP contribution in [0.4, 0.5) is 0 Å². The van der Waals surface area contributed by atoms with Gasteiger partial charge >= 0.3 is 0 Å². The third-order valence-electron chi connectivity index (χ3n) is 4.52. The van der Waals surface area contributed by atoms with E-state index in [4.69, 9.17) is 23.2 Å². The molecule has 25 heavy (non-hydrogen) atoms. The van der Waals surface area contributed by atoms with Crippen LogP contribution in [0.2, 0.25) is 10.0 Å². The summed E-state index contributed by atoms with van der Waals surface area (Å²) in [5, 5.41) is 14.3. The van der Waals surface area contributed by atoms with Crippen LogP contribution < -0.4 is 5.32 Å². The van der Waals surface area contributed by atoms with E-state index in [1.54, 1.807) is 12.1 Å². The second-order valence-corrected chi connectivity index (χ2v) is 10.1. The Morgan fingerprint density at radius 1 is 1.32 bits per heavy atom. The monoisotopic (exact) mass is 405 g/mol. The molecule has 3 N–H and O–H groups in total. The number of hydrogen-bond donors (Lipinski definition) is 3. The van der Waals surface area contributed by atoms with Crippen molar-refractivity contribution in [2.45, 2.75) is 38.3 Å². The maximum Gasteiger partial charge on any atom is 0.203 e. The average molecular weight is 406 g/mol. The Balaban J connectivity index is 1.80. The molecule has 0 heterocycles. The summed E-state index contributed by atoms with van der Waals surface area (Å²) >= 11 is 11.9. The lowest BCUT2D eigenvalue weighted by Gasteiger charge is -2.23. The Labute approximate surface area is 159 Å². The summed E-state index contributed by atoms with van der Waals surface area (Å²) in [5.74, 6) is 0.246. The molecule has 140 valence electrons. The Morgan fingerprint density at radius 2 is 2.08 bits per heavy atom. The average Bonchev–Trinajstić information content (AvgIpc) is 2.55. The second-order valence-electron chi connectivity index (χ2n) is 6.82. The Bertz CT molecular complexity index is 653. The number of allylic oxidation sites excluding steroid dienone is 2. The Hall–Kier alpha value is -0.350. The summed E-state index contributed by atoms with van der Waals surface area (Å²) in [6, 6.07) is 5.33. The van der Waals surface area contributed by atoms with Crippen molar-refractivity contribution < 1.29 is 14.6 Å². The zero-order valence-electron chi connectivity index (χ0n) is 14.4. The maximum atomic E-state index is 12.4. The highest BCUT2D eigenvalue weighted by atomic mass is 35.5. The Kier molecular flexibility index (Phi) is 8.00. The molecule has 4 atom stereocenters. The lowest BCUT2D eigenvalue weighted by atomic mass is 9.96. The van der Waals surface area contributed by atoms with Gasteiger partial charge in [-0.25, -0.2) is 0 Å². The summed E-state index contributed by atoms with van der Waals surface area (Å²) in [4.78, 5) is 10.2. The lowest BCUT2D eigenvalue weighted by Crippen LogP contribution is -2.32. The molecule has 4 nitrogen and oxygen atoms in total. The van der Waals surface area contributed by atoms with Gasteiger partial charge < -0.3 is 15.3 Å². The van der Waals surface area contributed by atoms with Gasteiger partial charge in [-0.2, -0.15) is 0 Å². The summed E-state index contributed by atoms with van der Waals surface area (Å²) in [6.07, 6.45) is 6.31. The zero-order chi connectivity index (χ0) is 18.4. The lowest BCUT2D eigenvalue weighted by molar-refractivity contribution is 0.186. The molecule has 2 rings (SSSR count). The van der Waals surface area contributed by atoms with Crippen molar-refractivity contribution in [3.8, 4) is 0 Å². The van der Waals surface area contributed by atoms with Gasteiger partial charge in [0.25, 0.3) is 0 Å². The molecule has 1 aliphatic rings. The molecule has 0 aromatic heterocycles. The molecule has 1 aromatic rings. The van der Waals surface area contributed by atoms with Crippen LogP contribution in [0, 0.1) is 5.92 Å². The fourth-order valence-corrected chi connectivity index (χ4v) is 5.49. The first-order valence-corrected chi connectivity index (χ1v) is 11.4. The molecular weight excluding hydrogens is 380 g/mol. The first kappa shape index (κ1) is 21.0. The predicted octanol–water partition coefficient (Wildman–Crippen LogP) is 4.63. The predicted molar refractivity (Wildman–Crippen MR) is 105 cm³/mol. The Morgan fingerprint density at radius 3 is 2.72 bits per heavy atom. The number of aliphatic hydroxyl groups is 1. The molecule has 0 radical (unpaired) electrons. The van der Waals surface area contributed by atoms with Gasteiger partial charge in [0.05, 0.1) is 22.3 Å². The van der Waals surface area contributed by atoms with Crippen molar-refractivity contribution in [2.24, 2.45) is 5.92 Å². The quantitative estimate of drug-likeness (QED) is 0.435. The van der Waals surface area contributed by atoms with Crippen molar-refractivity contribution >= 4 is 30.6 Å².